The number of rotatable bonds is 2. The normalized spacial score (nSPS) is 22.1. The number of hydrogen-bond donors (Lipinski definition) is 4. The first-order valence-corrected chi connectivity index (χ1v) is 7.18. The van der Waals surface area contributed by atoms with E-state index < -0.39 is 15.6 Å². The molecule has 1 saturated heterocycles. The maximum Gasteiger partial charge on any atom is 0.478 e. The second-order valence-electron chi connectivity index (χ2n) is 2.49. The molecule has 1 atom stereocenters. The van der Waals surface area contributed by atoms with E-state index in [9.17, 15) is 9.13 Å². The Balaban J connectivity index is 0.000000280. The molecule has 0 bridgehead atoms. The van der Waals surface area contributed by atoms with Crippen molar-refractivity contribution in [2.24, 2.45) is 0 Å². The van der Waals surface area contributed by atoms with Crippen molar-refractivity contribution >= 4 is 27.2 Å². The van der Waals surface area contributed by atoms with Crippen LogP contribution in [0.1, 0.15) is 12.8 Å². The number of hydrogen-bond acceptors (Lipinski definition) is 4. The maximum atomic E-state index is 9.63. The highest BCUT2D eigenvalue weighted by Crippen LogP contribution is 2.53. The molecular formula is C4H11ClO8P2. The lowest BCUT2D eigenvalue weighted by molar-refractivity contribution is 0.168. The molecule has 0 aromatic rings. The third-order valence-electron chi connectivity index (χ3n) is 1.09. The Bertz CT molecular complexity index is 244. The van der Waals surface area contributed by atoms with Gasteiger partial charge in [0.05, 0.1) is 0 Å². The van der Waals surface area contributed by atoms with Gasteiger partial charge in [0.1, 0.15) is 5.56 Å². The van der Waals surface area contributed by atoms with E-state index in [1.807, 2.05) is 0 Å². The summed E-state index contributed by atoms with van der Waals surface area (Å²) in [6, 6.07) is 0. The Hall–Kier alpha value is 0.510. The Kier molecular flexibility index (Phi) is 6.51. The maximum absolute atomic E-state index is 9.63. The van der Waals surface area contributed by atoms with Crippen LogP contribution in [0.2, 0.25) is 0 Å². The predicted molar refractivity (Wildman–Crippen MR) is 50.0 cm³/mol. The smallest absolute Gasteiger partial charge is 0.362 e. The van der Waals surface area contributed by atoms with Gasteiger partial charge in [-0.1, -0.05) is 11.6 Å². The third-order valence-corrected chi connectivity index (χ3v) is 3.13. The molecule has 0 aromatic carbocycles. The molecule has 1 aliphatic heterocycles. The van der Waals surface area contributed by atoms with Gasteiger partial charge in [0.25, 0.3) is 0 Å². The molecule has 0 radical (unpaired) electrons. The predicted octanol–water partition coefficient (Wildman–Crippen LogP) is 0.550. The number of halogens is 1. The van der Waals surface area contributed by atoms with Gasteiger partial charge in [0.2, 0.25) is 0 Å². The van der Waals surface area contributed by atoms with E-state index in [2.05, 4.69) is 4.31 Å². The molecule has 0 spiro atoms. The fourth-order valence-electron chi connectivity index (χ4n) is 0.677. The van der Waals surface area contributed by atoms with Crippen LogP contribution in [0.15, 0.2) is 0 Å². The lowest BCUT2D eigenvalue weighted by Gasteiger charge is -2.03. The van der Waals surface area contributed by atoms with Crippen LogP contribution in [0.5, 0.6) is 0 Å². The second-order valence-corrected chi connectivity index (χ2v) is 5.59. The Morgan fingerprint density at radius 2 is 1.67 bits per heavy atom. The van der Waals surface area contributed by atoms with Crippen LogP contribution in [0, 0.1) is 0 Å². The molecule has 92 valence electrons. The van der Waals surface area contributed by atoms with Gasteiger partial charge in [-0.3, -0.25) is 0 Å². The van der Waals surface area contributed by atoms with E-state index in [0.717, 1.165) is 19.4 Å². The fraction of sp³-hybridized carbons (Fsp3) is 1.00. The molecule has 8 nitrogen and oxygen atoms in total. The zero-order chi connectivity index (χ0) is 12.1. The summed E-state index contributed by atoms with van der Waals surface area (Å²) >= 11 is 5.49. The standard InChI is InChI=1S/C4H7ClO.H4O7P2/c5-4-2-1-3-6-4;1-8(2,3)7-9(4,5)6/h4H,1-3H2;(H2,1,2,3)(H2,4,5,6). The summed E-state index contributed by atoms with van der Waals surface area (Å²) < 4.78 is 27.1. The minimum absolute atomic E-state index is 0.0185. The van der Waals surface area contributed by atoms with E-state index in [-0.39, 0.29) is 5.56 Å². The van der Waals surface area contributed by atoms with E-state index in [4.69, 9.17) is 35.9 Å². The van der Waals surface area contributed by atoms with Crippen LogP contribution in [-0.2, 0) is 18.2 Å². The molecular weight excluding hydrogens is 273 g/mol. The molecule has 4 N–H and O–H groups in total. The zero-order valence-corrected chi connectivity index (χ0v) is 9.94. The van der Waals surface area contributed by atoms with E-state index >= 15 is 0 Å². The van der Waals surface area contributed by atoms with Crippen LogP contribution >= 0.6 is 27.2 Å². The van der Waals surface area contributed by atoms with Crippen LogP contribution in [-0.4, -0.2) is 31.7 Å². The highest BCUT2D eigenvalue weighted by molar-refractivity contribution is 7.60. The molecule has 1 rings (SSSR count). The summed E-state index contributed by atoms with van der Waals surface area (Å²) in [6.45, 7) is 0.855. The molecule has 15 heavy (non-hydrogen) atoms. The van der Waals surface area contributed by atoms with Crippen LogP contribution in [0.3, 0.4) is 0 Å². The van der Waals surface area contributed by atoms with Crippen molar-refractivity contribution in [2.45, 2.75) is 18.4 Å². The van der Waals surface area contributed by atoms with Crippen molar-refractivity contribution < 1.29 is 37.8 Å². The first kappa shape index (κ1) is 15.5. The van der Waals surface area contributed by atoms with Gasteiger partial charge in [-0.2, -0.15) is 4.31 Å². The molecule has 1 heterocycles. The summed E-state index contributed by atoms with van der Waals surface area (Å²) in [5.74, 6) is 0. The van der Waals surface area contributed by atoms with Gasteiger partial charge < -0.3 is 24.3 Å². The van der Waals surface area contributed by atoms with Crippen molar-refractivity contribution in [1.29, 1.82) is 0 Å². The average molecular weight is 285 g/mol. The average Bonchev–Trinajstić information content (AvgIpc) is 2.31. The fourth-order valence-corrected chi connectivity index (χ4v) is 2.03. The largest absolute Gasteiger partial charge is 0.478 e. The number of ether oxygens (including phenoxy) is 1. The molecule has 0 amide bonds. The topological polar surface area (TPSA) is 134 Å². The minimum Gasteiger partial charge on any atom is -0.362 e. The highest BCUT2D eigenvalue weighted by Gasteiger charge is 2.27. The SMILES string of the molecule is ClC1CCCO1.O=P(O)(O)OP(=O)(O)O. The number of phosphoric acid groups is 2. The van der Waals surface area contributed by atoms with Gasteiger partial charge in [0, 0.05) is 6.61 Å². The highest BCUT2D eigenvalue weighted by atomic mass is 35.5. The van der Waals surface area contributed by atoms with Gasteiger partial charge in [-0.05, 0) is 12.8 Å². The molecule has 1 unspecified atom stereocenters. The molecule has 0 saturated carbocycles. The molecule has 1 aliphatic rings. The van der Waals surface area contributed by atoms with Gasteiger partial charge in [-0.25, -0.2) is 9.13 Å². The summed E-state index contributed by atoms with van der Waals surface area (Å²) in [5.41, 5.74) is 0.0185. The Labute approximate surface area is 90.6 Å². The zero-order valence-electron chi connectivity index (χ0n) is 7.39. The van der Waals surface area contributed by atoms with E-state index in [1.165, 1.54) is 0 Å². The molecule has 0 aliphatic carbocycles. The van der Waals surface area contributed by atoms with Gasteiger partial charge in [-0.15, -0.1) is 0 Å². The molecule has 0 aromatic heterocycles. The summed E-state index contributed by atoms with van der Waals surface area (Å²) in [6.07, 6.45) is 2.16. The molecule has 1 fully saturated rings. The van der Waals surface area contributed by atoms with Crippen molar-refractivity contribution in [3.63, 3.8) is 0 Å². The van der Waals surface area contributed by atoms with E-state index in [0.29, 0.717) is 0 Å². The summed E-state index contributed by atoms with van der Waals surface area (Å²) in [4.78, 5) is 31.0. The van der Waals surface area contributed by atoms with Crippen molar-refractivity contribution in [3.05, 3.63) is 0 Å². The van der Waals surface area contributed by atoms with Crippen molar-refractivity contribution in [1.82, 2.24) is 0 Å². The van der Waals surface area contributed by atoms with Gasteiger partial charge in [0.15, 0.2) is 0 Å². The van der Waals surface area contributed by atoms with Crippen LogP contribution in [0.4, 0.5) is 0 Å². The molecule has 11 heteroatoms. The van der Waals surface area contributed by atoms with Crippen molar-refractivity contribution in [3.8, 4) is 0 Å². The second kappa shape index (κ2) is 6.30. The minimum atomic E-state index is -5.05. The van der Waals surface area contributed by atoms with Crippen LogP contribution in [0.25, 0.3) is 0 Å². The first-order chi connectivity index (χ1) is 6.60. The third kappa shape index (κ3) is 12.4. The summed E-state index contributed by atoms with van der Waals surface area (Å²) in [5, 5.41) is 0. The number of alkyl halides is 1. The summed E-state index contributed by atoms with van der Waals surface area (Å²) in [7, 11) is -10.1. The lowest BCUT2D eigenvalue weighted by atomic mass is 10.4. The lowest BCUT2D eigenvalue weighted by Crippen LogP contribution is -1.89. The van der Waals surface area contributed by atoms with Gasteiger partial charge >= 0.3 is 15.6 Å². The van der Waals surface area contributed by atoms with Crippen molar-refractivity contribution in [2.75, 3.05) is 6.61 Å². The Morgan fingerprint density at radius 3 is 1.73 bits per heavy atom. The van der Waals surface area contributed by atoms with E-state index in [1.54, 1.807) is 0 Å². The quantitative estimate of drug-likeness (QED) is 0.426. The Morgan fingerprint density at radius 1 is 1.20 bits per heavy atom. The monoisotopic (exact) mass is 284 g/mol. The first-order valence-electron chi connectivity index (χ1n) is 3.68. The van der Waals surface area contributed by atoms with Crippen LogP contribution < -0.4 is 0 Å².